The molecule has 0 bridgehead atoms. The number of aromatic nitrogens is 2. The highest BCUT2D eigenvalue weighted by atomic mass is 79.9. The topological polar surface area (TPSA) is 29.9 Å². The summed E-state index contributed by atoms with van der Waals surface area (Å²) in [6.45, 7) is 2.54. The normalized spacial score (nSPS) is 10.6. The molecule has 0 fully saturated rings. The van der Waals surface area contributed by atoms with Crippen LogP contribution in [-0.2, 0) is 13.6 Å². The SMILES string of the molecule is Cc1cc(NCc2ccc(Br)c(F)c2)nn1C. The highest BCUT2D eigenvalue weighted by Gasteiger charge is 2.03. The van der Waals surface area contributed by atoms with Gasteiger partial charge in [-0.2, -0.15) is 5.10 Å². The highest BCUT2D eigenvalue weighted by Crippen LogP contribution is 2.17. The van der Waals surface area contributed by atoms with Crippen LogP contribution in [0.1, 0.15) is 11.3 Å². The van der Waals surface area contributed by atoms with Crippen LogP contribution in [0, 0.1) is 12.7 Å². The van der Waals surface area contributed by atoms with Crippen molar-refractivity contribution in [3.05, 3.63) is 45.8 Å². The highest BCUT2D eigenvalue weighted by molar-refractivity contribution is 9.10. The van der Waals surface area contributed by atoms with Gasteiger partial charge in [-0.1, -0.05) is 6.07 Å². The molecule has 17 heavy (non-hydrogen) atoms. The lowest BCUT2D eigenvalue weighted by atomic mass is 10.2. The number of benzene rings is 1. The third-order valence-electron chi connectivity index (χ3n) is 2.57. The van der Waals surface area contributed by atoms with Crippen LogP contribution in [0.5, 0.6) is 0 Å². The molecule has 0 unspecified atom stereocenters. The van der Waals surface area contributed by atoms with E-state index in [0.717, 1.165) is 17.1 Å². The number of aryl methyl sites for hydroxylation is 2. The van der Waals surface area contributed by atoms with Gasteiger partial charge in [-0.3, -0.25) is 4.68 Å². The van der Waals surface area contributed by atoms with Crippen LogP contribution >= 0.6 is 15.9 Å². The smallest absolute Gasteiger partial charge is 0.148 e. The molecular weight excluding hydrogens is 285 g/mol. The molecule has 0 aliphatic rings. The van der Waals surface area contributed by atoms with Gasteiger partial charge in [0.05, 0.1) is 4.47 Å². The molecule has 0 aliphatic heterocycles. The van der Waals surface area contributed by atoms with E-state index in [1.165, 1.54) is 6.07 Å². The maximum atomic E-state index is 13.3. The second kappa shape index (κ2) is 4.87. The Morgan fingerprint density at radius 3 is 2.76 bits per heavy atom. The van der Waals surface area contributed by atoms with Crippen LogP contribution in [-0.4, -0.2) is 9.78 Å². The van der Waals surface area contributed by atoms with Crippen molar-refractivity contribution in [1.29, 1.82) is 0 Å². The Kier molecular flexibility index (Phi) is 3.47. The zero-order valence-electron chi connectivity index (χ0n) is 9.67. The minimum Gasteiger partial charge on any atom is -0.365 e. The van der Waals surface area contributed by atoms with E-state index in [4.69, 9.17) is 0 Å². The number of hydrogen-bond acceptors (Lipinski definition) is 2. The molecule has 0 radical (unpaired) electrons. The lowest BCUT2D eigenvalue weighted by molar-refractivity contribution is 0.619. The molecule has 0 spiro atoms. The van der Waals surface area contributed by atoms with Gasteiger partial charge in [0.15, 0.2) is 0 Å². The van der Waals surface area contributed by atoms with E-state index in [9.17, 15) is 4.39 Å². The van der Waals surface area contributed by atoms with Crippen LogP contribution in [0.3, 0.4) is 0 Å². The number of nitrogens with zero attached hydrogens (tertiary/aromatic N) is 2. The average molecular weight is 298 g/mol. The van der Waals surface area contributed by atoms with Crippen LogP contribution in [0.4, 0.5) is 10.2 Å². The summed E-state index contributed by atoms with van der Waals surface area (Å²) in [7, 11) is 1.89. The predicted molar refractivity (Wildman–Crippen MR) is 69.4 cm³/mol. The van der Waals surface area contributed by atoms with E-state index in [1.54, 1.807) is 10.7 Å². The molecule has 0 atom stereocenters. The Morgan fingerprint density at radius 2 is 2.18 bits per heavy atom. The van der Waals surface area contributed by atoms with Crippen LogP contribution in [0.15, 0.2) is 28.7 Å². The van der Waals surface area contributed by atoms with Crippen molar-refractivity contribution in [1.82, 2.24) is 9.78 Å². The molecule has 2 aromatic rings. The van der Waals surface area contributed by atoms with E-state index in [2.05, 4.69) is 26.3 Å². The number of halogens is 2. The lowest BCUT2D eigenvalue weighted by Gasteiger charge is -2.04. The van der Waals surface area contributed by atoms with E-state index in [1.807, 2.05) is 26.1 Å². The van der Waals surface area contributed by atoms with Gasteiger partial charge in [-0.25, -0.2) is 4.39 Å². The second-order valence-electron chi connectivity index (χ2n) is 3.90. The van der Waals surface area contributed by atoms with E-state index in [0.29, 0.717) is 11.0 Å². The van der Waals surface area contributed by atoms with Crippen molar-refractivity contribution in [3.8, 4) is 0 Å². The molecule has 0 saturated carbocycles. The summed E-state index contributed by atoms with van der Waals surface area (Å²) in [5, 5.41) is 7.42. The van der Waals surface area contributed by atoms with Crippen LogP contribution in [0.25, 0.3) is 0 Å². The number of rotatable bonds is 3. The summed E-state index contributed by atoms with van der Waals surface area (Å²) in [5.74, 6) is 0.551. The Morgan fingerprint density at radius 1 is 1.41 bits per heavy atom. The van der Waals surface area contributed by atoms with Crippen molar-refractivity contribution in [2.24, 2.45) is 7.05 Å². The first-order chi connectivity index (χ1) is 8.06. The standard InChI is InChI=1S/C12H13BrFN3/c1-8-5-12(16-17(8)2)15-7-9-3-4-10(13)11(14)6-9/h3-6H,7H2,1-2H3,(H,15,16). The van der Waals surface area contributed by atoms with Gasteiger partial charge < -0.3 is 5.32 Å². The Balaban J connectivity index is 2.04. The van der Waals surface area contributed by atoms with Gasteiger partial charge >= 0.3 is 0 Å². The summed E-state index contributed by atoms with van der Waals surface area (Å²) in [6.07, 6.45) is 0. The van der Waals surface area contributed by atoms with E-state index >= 15 is 0 Å². The molecule has 2 rings (SSSR count). The summed E-state index contributed by atoms with van der Waals surface area (Å²) in [6, 6.07) is 7.04. The molecule has 0 saturated heterocycles. The maximum absolute atomic E-state index is 13.3. The van der Waals surface area contributed by atoms with Crippen molar-refractivity contribution >= 4 is 21.7 Å². The fourth-order valence-electron chi connectivity index (χ4n) is 1.49. The first kappa shape index (κ1) is 12.1. The molecule has 0 aliphatic carbocycles. The zero-order valence-corrected chi connectivity index (χ0v) is 11.3. The molecule has 3 nitrogen and oxygen atoms in total. The van der Waals surface area contributed by atoms with Crippen molar-refractivity contribution in [2.45, 2.75) is 13.5 Å². The third kappa shape index (κ3) is 2.85. The Labute approximate surface area is 108 Å². The largest absolute Gasteiger partial charge is 0.365 e. The Hall–Kier alpha value is -1.36. The zero-order chi connectivity index (χ0) is 12.4. The van der Waals surface area contributed by atoms with E-state index < -0.39 is 0 Å². The summed E-state index contributed by atoms with van der Waals surface area (Å²) in [4.78, 5) is 0. The molecule has 1 heterocycles. The fraction of sp³-hybridized carbons (Fsp3) is 0.250. The minimum atomic E-state index is -0.249. The number of hydrogen-bond donors (Lipinski definition) is 1. The summed E-state index contributed by atoms with van der Waals surface area (Å²) in [5.41, 5.74) is 1.96. The van der Waals surface area contributed by atoms with Gasteiger partial charge in [0, 0.05) is 25.4 Å². The van der Waals surface area contributed by atoms with Crippen LogP contribution in [0.2, 0.25) is 0 Å². The summed E-state index contributed by atoms with van der Waals surface area (Å²) >= 11 is 3.13. The fourth-order valence-corrected chi connectivity index (χ4v) is 1.74. The van der Waals surface area contributed by atoms with Crippen molar-refractivity contribution < 1.29 is 4.39 Å². The van der Waals surface area contributed by atoms with Crippen molar-refractivity contribution in [3.63, 3.8) is 0 Å². The molecular formula is C12H13BrFN3. The molecule has 90 valence electrons. The maximum Gasteiger partial charge on any atom is 0.148 e. The first-order valence-electron chi connectivity index (χ1n) is 5.24. The average Bonchev–Trinajstić information content (AvgIpc) is 2.60. The first-order valence-corrected chi connectivity index (χ1v) is 6.04. The molecule has 1 aromatic heterocycles. The minimum absolute atomic E-state index is 0.249. The third-order valence-corrected chi connectivity index (χ3v) is 3.21. The van der Waals surface area contributed by atoms with Gasteiger partial charge in [-0.15, -0.1) is 0 Å². The van der Waals surface area contributed by atoms with Crippen LogP contribution < -0.4 is 5.32 Å². The van der Waals surface area contributed by atoms with Gasteiger partial charge in [0.1, 0.15) is 11.6 Å². The number of nitrogens with one attached hydrogen (secondary N) is 1. The van der Waals surface area contributed by atoms with Gasteiger partial charge in [-0.05, 0) is 40.5 Å². The molecule has 1 aromatic carbocycles. The molecule has 5 heteroatoms. The molecule has 1 N–H and O–H groups in total. The number of anilines is 1. The van der Waals surface area contributed by atoms with Crippen molar-refractivity contribution in [2.75, 3.05) is 5.32 Å². The quantitative estimate of drug-likeness (QED) is 0.942. The van der Waals surface area contributed by atoms with Gasteiger partial charge in [0.2, 0.25) is 0 Å². The molecule has 0 amide bonds. The lowest BCUT2D eigenvalue weighted by Crippen LogP contribution is -2.01. The van der Waals surface area contributed by atoms with E-state index in [-0.39, 0.29) is 5.82 Å². The monoisotopic (exact) mass is 297 g/mol. The second-order valence-corrected chi connectivity index (χ2v) is 4.75. The van der Waals surface area contributed by atoms with Gasteiger partial charge in [0.25, 0.3) is 0 Å². The predicted octanol–water partition coefficient (Wildman–Crippen LogP) is 3.24. The summed E-state index contributed by atoms with van der Waals surface area (Å²) < 4.78 is 15.6. The Bertz CT molecular complexity index is 517.